The van der Waals surface area contributed by atoms with Crippen LogP contribution in [0.15, 0.2) is 29.3 Å². The van der Waals surface area contributed by atoms with Gasteiger partial charge < -0.3 is 15.4 Å². The Morgan fingerprint density at radius 3 is 2.65 bits per heavy atom. The van der Waals surface area contributed by atoms with Crippen LogP contribution in [-0.4, -0.2) is 32.8 Å². The highest BCUT2D eigenvalue weighted by Gasteiger charge is 2.36. The van der Waals surface area contributed by atoms with E-state index in [0.29, 0.717) is 12.0 Å². The van der Waals surface area contributed by atoms with E-state index in [1.54, 1.807) is 7.11 Å². The summed E-state index contributed by atoms with van der Waals surface area (Å²) in [6, 6.07) is 8.43. The van der Waals surface area contributed by atoms with Gasteiger partial charge in [-0.15, -0.1) is 0 Å². The molecule has 0 aliphatic heterocycles. The van der Waals surface area contributed by atoms with E-state index in [0.717, 1.165) is 32.1 Å². The molecular weight excluding hydrogens is 286 g/mol. The van der Waals surface area contributed by atoms with Crippen LogP contribution in [0, 0.1) is 12.3 Å². The number of aryl methyl sites for hydroxylation is 1. The molecule has 1 fully saturated rings. The summed E-state index contributed by atoms with van der Waals surface area (Å²) in [5.41, 5.74) is 2.97. The molecule has 0 amide bonds. The standard InChI is InChI=1S/C19H31N3O/c1-4-20-18(21-14-17-9-6-5-8-16(17)2)22-15-19(10-7-11-19)12-13-23-3/h5-6,8-9H,4,7,10-15H2,1-3H3,(H2,20,21,22). The first-order chi connectivity index (χ1) is 11.2. The monoisotopic (exact) mass is 317 g/mol. The van der Waals surface area contributed by atoms with Crippen LogP contribution in [0.2, 0.25) is 0 Å². The molecule has 0 radical (unpaired) electrons. The van der Waals surface area contributed by atoms with Gasteiger partial charge in [-0.2, -0.15) is 0 Å². The molecule has 1 aromatic rings. The molecule has 0 unspecified atom stereocenters. The Hall–Kier alpha value is -1.55. The number of aliphatic imine (C=N–C) groups is 1. The van der Waals surface area contributed by atoms with E-state index >= 15 is 0 Å². The van der Waals surface area contributed by atoms with Crippen LogP contribution in [0.1, 0.15) is 43.7 Å². The van der Waals surface area contributed by atoms with Gasteiger partial charge in [-0.1, -0.05) is 30.7 Å². The first-order valence-electron chi connectivity index (χ1n) is 8.75. The van der Waals surface area contributed by atoms with Crippen molar-refractivity contribution in [3.8, 4) is 0 Å². The summed E-state index contributed by atoms with van der Waals surface area (Å²) in [4.78, 5) is 4.75. The van der Waals surface area contributed by atoms with Crippen molar-refractivity contribution in [3.05, 3.63) is 35.4 Å². The third-order valence-electron chi connectivity index (χ3n) is 4.89. The second kappa shape index (κ2) is 8.92. The Morgan fingerprint density at radius 1 is 1.26 bits per heavy atom. The summed E-state index contributed by atoms with van der Waals surface area (Å²) in [5.74, 6) is 0.916. The van der Waals surface area contributed by atoms with Gasteiger partial charge in [0, 0.05) is 26.8 Å². The third kappa shape index (κ3) is 5.24. The Kier molecular flexibility index (Phi) is 6.90. The molecule has 0 bridgehead atoms. The fourth-order valence-corrected chi connectivity index (χ4v) is 3.08. The third-order valence-corrected chi connectivity index (χ3v) is 4.89. The van der Waals surface area contributed by atoms with Crippen LogP contribution in [0.25, 0.3) is 0 Å². The summed E-state index contributed by atoms with van der Waals surface area (Å²) in [6.45, 7) is 7.67. The predicted octanol–water partition coefficient (Wildman–Crippen LogP) is 3.26. The smallest absolute Gasteiger partial charge is 0.191 e. The molecule has 1 aliphatic rings. The van der Waals surface area contributed by atoms with Crippen molar-refractivity contribution in [2.24, 2.45) is 10.4 Å². The van der Waals surface area contributed by atoms with Crippen LogP contribution in [0.5, 0.6) is 0 Å². The molecule has 4 nitrogen and oxygen atoms in total. The van der Waals surface area contributed by atoms with Crippen molar-refractivity contribution in [1.82, 2.24) is 10.6 Å². The zero-order valence-electron chi connectivity index (χ0n) is 14.8. The minimum Gasteiger partial charge on any atom is -0.385 e. The largest absolute Gasteiger partial charge is 0.385 e. The van der Waals surface area contributed by atoms with Crippen molar-refractivity contribution < 1.29 is 4.74 Å². The first-order valence-corrected chi connectivity index (χ1v) is 8.75. The number of nitrogens with one attached hydrogen (secondary N) is 2. The van der Waals surface area contributed by atoms with E-state index in [1.165, 1.54) is 30.4 Å². The molecule has 2 rings (SSSR count). The Bertz CT molecular complexity index is 509. The molecule has 1 aliphatic carbocycles. The van der Waals surface area contributed by atoms with Crippen LogP contribution >= 0.6 is 0 Å². The lowest BCUT2D eigenvalue weighted by Gasteiger charge is -2.42. The van der Waals surface area contributed by atoms with E-state index in [1.807, 2.05) is 0 Å². The molecule has 0 saturated heterocycles. The number of methoxy groups -OCH3 is 1. The van der Waals surface area contributed by atoms with E-state index in [-0.39, 0.29) is 0 Å². The van der Waals surface area contributed by atoms with Crippen molar-refractivity contribution >= 4 is 5.96 Å². The molecule has 1 aromatic carbocycles. The predicted molar refractivity (Wildman–Crippen MR) is 96.8 cm³/mol. The summed E-state index contributed by atoms with van der Waals surface area (Å²) >= 11 is 0. The maximum absolute atomic E-state index is 5.27. The average Bonchev–Trinajstić information content (AvgIpc) is 2.52. The van der Waals surface area contributed by atoms with Gasteiger partial charge >= 0.3 is 0 Å². The maximum atomic E-state index is 5.27. The molecule has 1 saturated carbocycles. The van der Waals surface area contributed by atoms with Gasteiger partial charge in [0.25, 0.3) is 0 Å². The molecular formula is C19H31N3O. The molecule has 128 valence electrons. The molecule has 2 N–H and O–H groups in total. The fourth-order valence-electron chi connectivity index (χ4n) is 3.08. The molecule has 23 heavy (non-hydrogen) atoms. The van der Waals surface area contributed by atoms with E-state index in [9.17, 15) is 0 Å². The lowest BCUT2D eigenvalue weighted by Crippen LogP contribution is -2.47. The number of hydrogen-bond donors (Lipinski definition) is 2. The minimum atomic E-state index is 0.398. The quantitative estimate of drug-likeness (QED) is 0.571. The van der Waals surface area contributed by atoms with Crippen LogP contribution in [0.4, 0.5) is 0 Å². The summed E-state index contributed by atoms with van der Waals surface area (Å²) in [6.07, 6.45) is 5.05. The van der Waals surface area contributed by atoms with Crippen molar-refractivity contribution in [3.63, 3.8) is 0 Å². The second-order valence-electron chi connectivity index (χ2n) is 6.57. The summed E-state index contributed by atoms with van der Waals surface area (Å²) in [7, 11) is 1.79. The van der Waals surface area contributed by atoms with Crippen LogP contribution < -0.4 is 10.6 Å². The van der Waals surface area contributed by atoms with Gasteiger partial charge in [0.2, 0.25) is 0 Å². The fraction of sp³-hybridized carbons (Fsp3) is 0.632. The topological polar surface area (TPSA) is 45.7 Å². The molecule has 4 heteroatoms. The Labute approximate surface area is 140 Å². The van der Waals surface area contributed by atoms with Crippen molar-refractivity contribution in [2.45, 2.75) is 46.1 Å². The average molecular weight is 317 g/mol. The normalized spacial score (nSPS) is 16.7. The zero-order valence-corrected chi connectivity index (χ0v) is 14.8. The molecule has 0 aromatic heterocycles. The molecule has 0 atom stereocenters. The minimum absolute atomic E-state index is 0.398. The maximum Gasteiger partial charge on any atom is 0.191 e. The van der Waals surface area contributed by atoms with Gasteiger partial charge in [-0.3, -0.25) is 0 Å². The highest BCUT2D eigenvalue weighted by atomic mass is 16.5. The van der Waals surface area contributed by atoms with E-state index in [2.05, 4.69) is 48.7 Å². The number of ether oxygens (including phenoxy) is 1. The van der Waals surface area contributed by atoms with E-state index in [4.69, 9.17) is 9.73 Å². The number of nitrogens with zero attached hydrogens (tertiary/aromatic N) is 1. The highest BCUT2D eigenvalue weighted by Crippen LogP contribution is 2.43. The summed E-state index contributed by atoms with van der Waals surface area (Å²) < 4.78 is 5.27. The Morgan fingerprint density at radius 2 is 2.04 bits per heavy atom. The van der Waals surface area contributed by atoms with E-state index < -0.39 is 0 Å². The van der Waals surface area contributed by atoms with Gasteiger partial charge in [-0.25, -0.2) is 4.99 Å². The number of rotatable bonds is 8. The Balaban J connectivity index is 1.92. The van der Waals surface area contributed by atoms with Gasteiger partial charge in [-0.05, 0) is 49.7 Å². The zero-order chi connectivity index (χ0) is 16.5. The molecule has 0 heterocycles. The number of guanidine groups is 1. The highest BCUT2D eigenvalue weighted by molar-refractivity contribution is 5.79. The summed E-state index contributed by atoms with van der Waals surface area (Å²) in [5, 5.41) is 6.90. The lowest BCUT2D eigenvalue weighted by atomic mass is 9.67. The number of hydrogen-bond acceptors (Lipinski definition) is 2. The van der Waals surface area contributed by atoms with Gasteiger partial charge in [0.15, 0.2) is 5.96 Å². The van der Waals surface area contributed by atoms with Crippen molar-refractivity contribution in [2.75, 3.05) is 26.8 Å². The van der Waals surface area contributed by atoms with Gasteiger partial charge in [0.1, 0.15) is 0 Å². The van der Waals surface area contributed by atoms with Crippen LogP contribution in [-0.2, 0) is 11.3 Å². The lowest BCUT2D eigenvalue weighted by molar-refractivity contribution is 0.0732. The number of benzene rings is 1. The second-order valence-corrected chi connectivity index (χ2v) is 6.57. The SMILES string of the molecule is CCNC(=NCc1ccccc1C)NCC1(CCOC)CCC1. The molecule has 0 spiro atoms. The van der Waals surface area contributed by atoms with Crippen LogP contribution in [0.3, 0.4) is 0 Å². The first kappa shape index (κ1) is 17.8. The van der Waals surface area contributed by atoms with Gasteiger partial charge in [0.05, 0.1) is 6.54 Å². The van der Waals surface area contributed by atoms with Crippen molar-refractivity contribution in [1.29, 1.82) is 0 Å².